The van der Waals surface area contributed by atoms with Gasteiger partial charge in [-0.15, -0.1) is 0 Å². The van der Waals surface area contributed by atoms with Gasteiger partial charge >= 0.3 is 12.0 Å². The lowest BCUT2D eigenvalue weighted by molar-refractivity contribution is -0.265. The van der Waals surface area contributed by atoms with E-state index in [0.717, 1.165) is 24.8 Å². The number of carbonyl (C=O) groups is 6. The number of Topliss-reactive ketones (excluding diaryl/α,β-unsaturated/α-hetero) is 3. The van der Waals surface area contributed by atoms with Crippen molar-refractivity contribution in [1.82, 2.24) is 20.4 Å². The fraction of sp³-hybridized carbons (Fsp3) is 0.754. The quantitative estimate of drug-likeness (QED) is 0.0605. The monoisotopic (exact) mass is 1070 g/mol. The summed E-state index contributed by atoms with van der Waals surface area (Å²) in [7, 11) is 4.37. The Balaban J connectivity index is 1.52. The fourth-order valence-electron chi connectivity index (χ4n) is 11.7. The van der Waals surface area contributed by atoms with Gasteiger partial charge in [0.05, 0.1) is 30.0 Å². The molecular weight excluding hydrogens is 981 g/mol. The molecule has 428 valence electrons. The molecule has 76 heavy (non-hydrogen) atoms. The summed E-state index contributed by atoms with van der Waals surface area (Å²) in [4.78, 5) is 86.7. The third-order valence-electron chi connectivity index (χ3n) is 16.8. The van der Waals surface area contributed by atoms with Crippen LogP contribution in [0.4, 0.5) is 4.79 Å². The van der Waals surface area contributed by atoms with Crippen LogP contribution in [0.2, 0.25) is 0 Å². The number of methoxy groups -OCH3 is 3. The molecule has 15 atom stereocenters. The molecule has 5 N–H and O–H groups in total. The van der Waals surface area contributed by atoms with Gasteiger partial charge in [0.1, 0.15) is 30.1 Å². The van der Waals surface area contributed by atoms with E-state index in [1.165, 1.54) is 19.1 Å². The highest BCUT2D eigenvalue weighted by molar-refractivity contribution is 6.39. The topological polar surface area (TPSA) is 251 Å². The minimum atomic E-state index is -2.50. The van der Waals surface area contributed by atoms with Crippen molar-refractivity contribution in [3.8, 4) is 0 Å². The standard InChI is InChI=1S/C57H90N4O15/c1-35-19-13-11-15-25-56(7,61(71)55(69)58-59-26-16-12-17-27-59)34-39(5)50(65)51(74-10)49(64)38(4)29-36(2)45(63)33-47(37(3)30-41-22-24-44(62)48(31-41)73-9)75-54(68)43-20-14-18-28-60(43)53(67)52(66)57(70)40(6)21-23-42(76-57)32-46(35)72-8/h11,13,15,19,25,29,36-37,39-44,46-49,51,62,64,70-71H,12,14,16-18,20-24,26-28,30-34H2,1-10H3,(H,58,69)/b13-11+,25-15-,35-19+,38-29-/t36?,37?,39?,40?,41?,42?,43?,44?,46?,47?,48?,49?,51?,56-,57?/m1/s1. The van der Waals surface area contributed by atoms with Crippen LogP contribution < -0.4 is 5.43 Å². The molecule has 3 saturated heterocycles. The second kappa shape index (κ2) is 28.6. The molecule has 0 spiro atoms. The molecule has 5 rings (SSSR count). The Bertz CT molecular complexity index is 2130. The number of hydroxylamine groups is 2. The van der Waals surface area contributed by atoms with Gasteiger partial charge in [-0.3, -0.25) is 29.8 Å². The maximum atomic E-state index is 14.5. The van der Waals surface area contributed by atoms with Gasteiger partial charge < -0.3 is 43.9 Å². The van der Waals surface area contributed by atoms with E-state index in [9.17, 15) is 49.3 Å². The van der Waals surface area contributed by atoms with Crippen LogP contribution in [-0.4, -0.2) is 172 Å². The summed E-state index contributed by atoms with van der Waals surface area (Å²) >= 11 is 0. The summed E-state index contributed by atoms with van der Waals surface area (Å²) in [5, 5.41) is 48.3. The van der Waals surface area contributed by atoms with Gasteiger partial charge in [-0.2, -0.15) is 5.06 Å². The summed E-state index contributed by atoms with van der Waals surface area (Å²) in [5.41, 5.74) is 2.35. The first-order valence-corrected chi connectivity index (χ1v) is 27.7. The van der Waals surface area contributed by atoms with E-state index in [0.29, 0.717) is 69.5 Å². The van der Waals surface area contributed by atoms with Crippen molar-refractivity contribution in [2.75, 3.05) is 41.0 Å². The number of hydrogen-bond acceptors (Lipinski definition) is 16. The van der Waals surface area contributed by atoms with Gasteiger partial charge in [0.25, 0.3) is 11.7 Å². The number of piperidine rings is 2. The van der Waals surface area contributed by atoms with E-state index < -0.39 is 107 Å². The largest absolute Gasteiger partial charge is 0.460 e. The molecule has 0 radical (unpaired) electrons. The maximum Gasteiger partial charge on any atom is 0.356 e. The van der Waals surface area contributed by atoms with E-state index >= 15 is 0 Å². The van der Waals surface area contributed by atoms with Gasteiger partial charge in [-0.05, 0) is 121 Å². The van der Waals surface area contributed by atoms with Crippen LogP contribution in [0.1, 0.15) is 145 Å². The van der Waals surface area contributed by atoms with E-state index in [2.05, 4.69) is 5.43 Å². The van der Waals surface area contributed by atoms with Crippen molar-refractivity contribution >= 4 is 35.3 Å². The summed E-state index contributed by atoms with van der Waals surface area (Å²) < 4.78 is 29.6. The van der Waals surface area contributed by atoms with Crippen molar-refractivity contribution in [3.05, 3.63) is 47.6 Å². The minimum absolute atomic E-state index is 0.0530. The Hall–Kier alpha value is -4.18. The molecule has 1 aliphatic carbocycles. The SMILES string of the molecule is COC1CC2CCC(C)C(O)(O2)C(=O)C(=O)N2CCCCC2C(=O)OC(C(C)CC2CCC(O)C(OC)C2)CC(=O)C(C)/C=C(/C)C(O)C(OC)C(=O)C(C)C[C@](C)(N(O)C(=O)NN2CCCCC2)\C=C/C=C/C=C/1C. The zero-order valence-corrected chi connectivity index (χ0v) is 46.8. The van der Waals surface area contributed by atoms with Crippen molar-refractivity contribution in [1.29, 1.82) is 0 Å². The first-order valence-electron chi connectivity index (χ1n) is 27.7. The molecule has 0 aromatic carbocycles. The number of ketones is 3. The van der Waals surface area contributed by atoms with Crippen LogP contribution in [-0.2, 0) is 47.7 Å². The Kier molecular flexibility index (Phi) is 23.6. The number of hydrazine groups is 1. The fourth-order valence-corrected chi connectivity index (χ4v) is 11.7. The van der Waals surface area contributed by atoms with Gasteiger partial charge in [-0.1, -0.05) is 70.6 Å². The minimum Gasteiger partial charge on any atom is -0.460 e. The first-order chi connectivity index (χ1) is 36.0. The van der Waals surface area contributed by atoms with Crippen molar-refractivity contribution in [3.63, 3.8) is 0 Å². The number of nitrogens with one attached hydrogen (secondary N) is 1. The highest BCUT2D eigenvalue weighted by Gasteiger charge is 2.53. The Labute approximate surface area is 450 Å². The summed E-state index contributed by atoms with van der Waals surface area (Å²) in [6, 6.07) is -1.97. The van der Waals surface area contributed by atoms with Crippen molar-refractivity contribution in [2.45, 2.75) is 205 Å². The van der Waals surface area contributed by atoms with Crippen molar-refractivity contribution in [2.24, 2.45) is 29.6 Å². The molecule has 0 aromatic heterocycles. The van der Waals surface area contributed by atoms with Crippen LogP contribution in [0.25, 0.3) is 0 Å². The normalized spacial score (nSPS) is 38.6. The number of carbonyl (C=O) groups excluding carboxylic acids is 6. The lowest BCUT2D eigenvalue weighted by Gasteiger charge is -2.42. The molecule has 1 saturated carbocycles. The number of allylic oxidation sites excluding steroid dienone is 5. The third-order valence-corrected chi connectivity index (χ3v) is 16.8. The van der Waals surface area contributed by atoms with E-state index in [1.54, 1.807) is 83.2 Å². The number of fused-ring (bicyclic) bond motifs is 3. The van der Waals surface area contributed by atoms with Gasteiger partial charge in [0.2, 0.25) is 5.79 Å². The molecule has 4 fully saturated rings. The number of aliphatic hydroxyl groups excluding tert-OH is 2. The van der Waals surface area contributed by atoms with Crippen LogP contribution in [0.5, 0.6) is 0 Å². The Morgan fingerprint density at radius 2 is 1.57 bits per heavy atom. The zero-order chi connectivity index (χ0) is 56.1. The summed E-state index contributed by atoms with van der Waals surface area (Å²) in [5.74, 6) is -9.19. The Morgan fingerprint density at radius 1 is 0.868 bits per heavy atom. The molecule has 0 aromatic rings. The second-order valence-electron chi connectivity index (χ2n) is 22.7. The highest BCUT2D eigenvalue weighted by atomic mass is 16.6. The predicted octanol–water partition coefficient (Wildman–Crippen LogP) is 6.10. The maximum absolute atomic E-state index is 14.5. The second-order valence-corrected chi connectivity index (χ2v) is 22.7. The number of nitrogens with zero attached hydrogens (tertiary/aromatic N) is 3. The Morgan fingerprint density at radius 3 is 2.24 bits per heavy atom. The average Bonchev–Trinajstić information content (AvgIpc) is 3.40. The third kappa shape index (κ3) is 16.0. The number of rotatable bonds is 8. The number of ether oxygens (including phenoxy) is 5. The number of amides is 3. The molecule has 2 bridgehead atoms. The van der Waals surface area contributed by atoms with Crippen LogP contribution in [0, 0.1) is 29.6 Å². The lowest BCUT2D eigenvalue weighted by atomic mass is 9.78. The molecule has 4 aliphatic heterocycles. The average molecular weight is 1070 g/mol. The van der Waals surface area contributed by atoms with Crippen molar-refractivity contribution < 1.29 is 73.0 Å². The summed E-state index contributed by atoms with van der Waals surface area (Å²) in [6.07, 6.45) is 10.9. The van der Waals surface area contributed by atoms with Crippen LogP contribution in [0.15, 0.2) is 47.6 Å². The molecule has 5 aliphatic rings. The van der Waals surface area contributed by atoms with E-state index in [1.807, 2.05) is 13.8 Å². The summed E-state index contributed by atoms with van der Waals surface area (Å²) in [6.45, 7) is 13.1. The molecule has 3 amide bonds. The molecule has 19 heteroatoms. The molecule has 19 nitrogen and oxygen atoms in total. The van der Waals surface area contributed by atoms with Gasteiger partial charge in [-0.25, -0.2) is 14.6 Å². The number of aliphatic hydroxyl groups is 3. The molecular formula is C57H90N4O15. The number of urea groups is 1. The number of hydrogen-bond donors (Lipinski definition) is 5. The van der Waals surface area contributed by atoms with E-state index in [4.69, 9.17) is 23.7 Å². The lowest BCUT2D eigenvalue weighted by Crippen LogP contribution is -2.61. The van der Waals surface area contributed by atoms with Crippen LogP contribution >= 0.6 is 0 Å². The van der Waals surface area contributed by atoms with Gasteiger partial charge in [0.15, 0.2) is 5.78 Å². The van der Waals surface area contributed by atoms with Gasteiger partial charge in [0, 0.05) is 71.6 Å². The van der Waals surface area contributed by atoms with E-state index in [-0.39, 0.29) is 55.6 Å². The molecule has 4 heterocycles. The number of esters is 1. The highest BCUT2D eigenvalue weighted by Crippen LogP contribution is 2.38. The first kappa shape index (κ1) is 62.7. The predicted molar refractivity (Wildman–Crippen MR) is 282 cm³/mol. The molecule has 14 unspecified atom stereocenters. The zero-order valence-electron chi connectivity index (χ0n) is 46.8. The van der Waals surface area contributed by atoms with Crippen LogP contribution in [0.3, 0.4) is 0 Å². The number of cyclic esters (lactones) is 1. The smallest absolute Gasteiger partial charge is 0.356 e.